The summed E-state index contributed by atoms with van der Waals surface area (Å²) < 4.78 is 0. The quantitative estimate of drug-likeness (QED) is 0.548. The zero-order chi connectivity index (χ0) is 16.8. The molecule has 0 fully saturated rings. The van der Waals surface area contributed by atoms with E-state index in [1.54, 1.807) is 36.0 Å². The van der Waals surface area contributed by atoms with E-state index in [-0.39, 0.29) is 5.91 Å². The van der Waals surface area contributed by atoms with E-state index in [0.29, 0.717) is 38.0 Å². The standard InChI is InChI=1S/C16H13Cl4NOS/c17-12-3-1-10(7-14(12)19)9-23-6-5-16(22)21-11-2-4-13(18)15(20)8-11/h1-4,7-8H,5-6,9H2,(H,21,22). The lowest BCUT2D eigenvalue weighted by Crippen LogP contribution is -2.12. The molecule has 23 heavy (non-hydrogen) atoms. The van der Waals surface area contributed by atoms with E-state index in [1.807, 2.05) is 12.1 Å². The van der Waals surface area contributed by atoms with Gasteiger partial charge in [0.05, 0.1) is 20.1 Å². The molecule has 0 aliphatic rings. The number of rotatable bonds is 6. The van der Waals surface area contributed by atoms with Crippen molar-refractivity contribution in [1.82, 2.24) is 0 Å². The summed E-state index contributed by atoms with van der Waals surface area (Å²) in [4.78, 5) is 11.9. The largest absolute Gasteiger partial charge is 0.326 e. The SMILES string of the molecule is O=C(CCSCc1ccc(Cl)c(Cl)c1)Nc1ccc(Cl)c(Cl)c1. The predicted octanol–water partition coefficient (Wildman–Crippen LogP) is 6.56. The molecular formula is C16H13Cl4NOS. The number of carbonyl (C=O) groups is 1. The fourth-order valence-corrected chi connectivity index (χ4v) is 3.29. The minimum atomic E-state index is -0.0648. The lowest BCUT2D eigenvalue weighted by molar-refractivity contribution is -0.115. The Hall–Kier alpha value is -0.580. The number of nitrogens with one attached hydrogen (secondary N) is 1. The molecule has 0 aromatic heterocycles. The maximum Gasteiger partial charge on any atom is 0.225 e. The lowest BCUT2D eigenvalue weighted by Gasteiger charge is -2.07. The monoisotopic (exact) mass is 407 g/mol. The molecule has 1 amide bonds. The van der Waals surface area contributed by atoms with Crippen LogP contribution >= 0.6 is 58.2 Å². The Balaban J connectivity index is 1.74. The molecule has 0 saturated carbocycles. The van der Waals surface area contributed by atoms with E-state index in [0.717, 1.165) is 11.3 Å². The van der Waals surface area contributed by atoms with Gasteiger partial charge in [0, 0.05) is 23.6 Å². The van der Waals surface area contributed by atoms with Crippen molar-refractivity contribution >= 4 is 69.8 Å². The summed E-state index contributed by atoms with van der Waals surface area (Å²) in [6.45, 7) is 0. The highest BCUT2D eigenvalue weighted by Crippen LogP contribution is 2.26. The molecule has 2 aromatic rings. The average molecular weight is 409 g/mol. The van der Waals surface area contributed by atoms with Crippen LogP contribution in [0.3, 0.4) is 0 Å². The van der Waals surface area contributed by atoms with Crippen LogP contribution in [0.15, 0.2) is 36.4 Å². The highest BCUT2D eigenvalue weighted by molar-refractivity contribution is 7.98. The first-order chi connectivity index (χ1) is 11.0. The van der Waals surface area contributed by atoms with Crippen LogP contribution in [0.2, 0.25) is 20.1 Å². The molecule has 7 heteroatoms. The van der Waals surface area contributed by atoms with Gasteiger partial charge in [0.15, 0.2) is 0 Å². The number of halogens is 4. The Morgan fingerprint density at radius 3 is 2.22 bits per heavy atom. The number of amides is 1. The second-order valence-electron chi connectivity index (χ2n) is 4.73. The van der Waals surface area contributed by atoms with Crippen LogP contribution < -0.4 is 5.32 Å². The van der Waals surface area contributed by atoms with Crippen LogP contribution in [0.1, 0.15) is 12.0 Å². The van der Waals surface area contributed by atoms with Gasteiger partial charge in [-0.05, 0) is 35.9 Å². The van der Waals surface area contributed by atoms with Crippen molar-refractivity contribution in [3.05, 3.63) is 62.1 Å². The molecule has 1 N–H and O–H groups in total. The Kier molecular flexibility index (Phi) is 7.38. The molecule has 0 radical (unpaired) electrons. The lowest BCUT2D eigenvalue weighted by atomic mass is 10.2. The number of thioether (sulfide) groups is 1. The summed E-state index contributed by atoms with van der Waals surface area (Å²) >= 11 is 25.2. The van der Waals surface area contributed by atoms with Gasteiger partial charge in [0.1, 0.15) is 0 Å². The zero-order valence-electron chi connectivity index (χ0n) is 11.9. The second kappa shape index (κ2) is 9.05. The summed E-state index contributed by atoms with van der Waals surface area (Å²) in [5.41, 5.74) is 1.72. The fourth-order valence-electron chi connectivity index (χ4n) is 1.78. The van der Waals surface area contributed by atoms with Crippen LogP contribution in [0, 0.1) is 0 Å². The van der Waals surface area contributed by atoms with E-state index in [9.17, 15) is 4.79 Å². The molecule has 2 nitrogen and oxygen atoms in total. The van der Waals surface area contributed by atoms with Crippen molar-refractivity contribution in [1.29, 1.82) is 0 Å². The number of benzene rings is 2. The van der Waals surface area contributed by atoms with Crippen molar-refractivity contribution in [3.8, 4) is 0 Å². The molecule has 0 heterocycles. The zero-order valence-corrected chi connectivity index (χ0v) is 15.8. The number of hydrogen-bond donors (Lipinski definition) is 1. The molecular weight excluding hydrogens is 396 g/mol. The number of hydrogen-bond acceptors (Lipinski definition) is 2. The summed E-state index contributed by atoms with van der Waals surface area (Å²) in [6, 6.07) is 10.5. The highest BCUT2D eigenvalue weighted by Gasteiger charge is 2.05. The highest BCUT2D eigenvalue weighted by atomic mass is 35.5. The van der Waals surface area contributed by atoms with Gasteiger partial charge in [-0.25, -0.2) is 0 Å². The minimum absolute atomic E-state index is 0.0648. The van der Waals surface area contributed by atoms with Crippen LogP contribution in [-0.4, -0.2) is 11.7 Å². The van der Waals surface area contributed by atoms with E-state index in [2.05, 4.69) is 5.32 Å². The van der Waals surface area contributed by atoms with Crippen LogP contribution in [0.4, 0.5) is 5.69 Å². The van der Waals surface area contributed by atoms with Gasteiger partial charge in [-0.1, -0.05) is 52.5 Å². The molecule has 122 valence electrons. The molecule has 0 atom stereocenters. The molecule has 2 aromatic carbocycles. The van der Waals surface area contributed by atoms with Crippen molar-refractivity contribution in [2.75, 3.05) is 11.1 Å². The first kappa shape index (κ1) is 18.8. The van der Waals surface area contributed by atoms with Crippen LogP contribution in [0.25, 0.3) is 0 Å². The number of carbonyl (C=O) groups excluding carboxylic acids is 1. The average Bonchev–Trinajstić information content (AvgIpc) is 2.51. The Morgan fingerprint density at radius 1 is 0.913 bits per heavy atom. The maximum atomic E-state index is 11.9. The van der Waals surface area contributed by atoms with Crippen LogP contribution in [-0.2, 0) is 10.5 Å². The summed E-state index contributed by atoms with van der Waals surface area (Å²) in [5.74, 6) is 1.41. The molecule has 0 aliphatic heterocycles. The number of anilines is 1. The predicted molar refractivity (Wildman–Crippen MR) is 102 cm³/mol. The van der Waals surface area contributed by atoms with Crippen molar-refractivity contribution in [2.45, 2.75) is 12.2 Å². The molecule has 0 aliphatic carbocycles. The van der Waals surface area contributed by atoms with E-state index >= 15 is 0 Å². The molecule has 0 bridgehead atoms. The van der Waals surface area contributed by atoms with Gasteiger partial charge >= 0.3 is 0 Å². The van der Waals surface area contributed by atoms with Crippen molar-refractivity contribution < 1.29 is 4.79 Å². The Bertz CT molecular complexity index is 708. The molecule has 0 spiro atoms. The summed E-state index contributed by atoms with van der Waals surface area (Å²) in [6.07, 6.45) is 0.409. The van der Waals surface area contributed by atoms with Crippen LogP contribution in [0.5, 0.6) is 0 Å². The van der Waals surface area contributed by atoms with Gasteiger partial charge in [0.2, 0.25) is 5.91 Å². The Morgan fingerprint density at radius 2 is 1.57 bits per heavy atom. The topological polar surface area (TPSA) is 29.1 Å². The van der Waals surface area contributed by atoms with Gasteiger partial charge in [-0.2, -0.15) is 11.8 Å². The van der Waals surface area contributed by atoms with Gasteiger partial charge < -0.3 is 5.32 Å². The van der Waals surface area contributed by atoms with Gasteiger partial charge in [0.25, 0.3) is 0 Å². The fraction of sp³-hybridized carbons (Fsp3) is 0.188. The van der Waals surface area contributed by atoms with Crippen molar-refractivity contribution in [3.63, 3.8) is 0 Å². The third kappa shape index (κ3) is 6.09. The first-order valence-corrected chi connectivity index (χ1v) is 9.39. The summed E-state index contributed by atoms with van der Waals surface area (Å²) in [5, 5.41) is 4.75. The Labute approximate surface area is 159 Å². The van der Waals surface area contributed by atoms with E-state index in [4.69, 9.17) is 46.4 Å². The van der Waals surface area contributed by atoms with Gasteiger partial charge in [-0.15, -0.1) is 0 Å². The molecule has 0 unspecified atom stereocenters. The molecule has 0 saturated heterocycles. The smallest absolute Gasteiger partial charge is 0.225 e. The van der Waals surface area contributed by atoms with Crippen molar-refractivity contribution in [2.24, 2.45) is 0 Å². The second-order valence-corrected chi connectivity index (χ2v) is 7.46. The third-order valence-corrected chi connectivity index (χ3v) is 5.44. The summed E-state index contributed by atoms with van der Waals surface area (Å²) in [7, 11) is 0. The molecule has 2 rings (SSSR count). The minimum Gasteiger partial charge on any atom is -0.326 e. The normalized spacial score (nSPS) is 10.6. The van der Waals surface area contributed by atoms with E-state index < -0.39 is 0 Å². The maximum absolute atomic E-state index is 11.9. The van der Waals surface area contributed by atoms with Gasteiger partial charge in [-0.3, -0.25) is 4.79 Å². The first-order valence-electron chi connectivity index (χ1n) is 6.72. The van der Waals surface area contributed by atoms with E-state index in [1.165, 1.54) is 0 Å². The third-order valence-electron chi connectivity index (χ3n) is 2.93.